The Balaban J connectivity index is 1.07. The molecule has 3 amide bonds. The van der Waals surface area contributed by atoms with Gasteiger partial charge in [-0.1, -0.05) is 0 Å². The van der Waals surface area contributed by atoms with E-state index in [1.165, 1.54) is 19.3 Å². The summed E-state index contributed by atoms with van der Waals surface area (Å²) in [5.41, 5.74) is -0.0394. The molecule has 2 atom stereocenters. The average molecular weight is 453 g/mol. The predicted molar refractivity (Wildman–Crippen MR) is 117 cm³/mol. The number of nitrogens with one attached hydrogen (secondary N) is 3. The Morgan fingerprint density at radius 3 is 2.16 bits per heavy atom. The first kappa shape index (κ1) is 21.5. The van der Waals surface area contributed by atoms with Gasteiger partial charge in [0.15, 0.2) is 9.84 Å². The summed E-state index contributed by atoms with van der Waals surface area (Å²) in [4.78, 5) is 27.2. The number of carbonyl (C=O) groups is 2. The molecule has 4 aliphatic carbocycles. The molecule has 8 nitrogen and oxygen atoms in total. The van der Waals surface area contributed by atoms with Crippen molar-refractivity contribution in [3.05, 3.63) is 0 Å². The first-order valence-electron chi connectivity index (χ1n) is 12.1. The molecule has 0 aromatic rings. The van der Waals surface area contributed by atoms with E-state index >= 15 is 0 Å². The quantitative estimate of drug-likeness (QED) is 0.558. The van der Waals surface area contributed by atoms with Crippen molar-refractivity contribution in [2.75, 3.05) is 31.1 Å². The Bertz CT molecular complexity index is 788. The molecule has 0 radical (unpaired) electrons. The topological polar surface area (TPSA) is 108 Å². The number of nitrogens with zero attached hydrogens (tertiary/aromatic N) is 1. The maximum absolute atomic E-state index is 12.5. The zero-order valence-electron chi connectivity index (χ0n) is 18.3. The summed E-state index contributed by atoms with van der Waals surface area (Å²) in [5, 5.41) is 9.05. The Morgan fingerprint density at radius 1 is 0.935 bits per heavy atom. The maximum atomic E-state index is 12.5. The molecule has 6 aliphatic rings. The average Bonchev–Trinajstić information content (AvgIpc) is 3.27. The van der Waals surface area contributed by atoms with E-state index in [-0.39, 0.29) is 54.0 Å². The summed E-state index contributed by atoms with van der Waals surface area (Å²) in [7, 11) is -3.12. The largest absolute Gasteiger partial charge is 0.351 e. The molecule has 2 heterocycles. The molecule has 2 saturated heterocycles. The molecule has 3 N–H and O–H groups in total. The van der Waals surface area contributed by atoms with E-state index in [1.54, 1.807) is 0 Å². The molecule has 6 fully saturated rings. The Hall–Kier alpha value is -1.35. The monoisotopic (exact) mass is 452 g/mol. The summed E-state index contributed by atoms with van der Waals surface area (Å²) in [6.45, 7) is 2.06. The maximum Gasteiger partial charge on any atom is 0.315 e. The van der Waals surface area contributed by atoms with Crippen molar-refractivity contribution in [2.45, 2.75) is 75.4 Å². The van der Waals surface area contributed by atoms with Crippen molar-refractivity contribution in [3.63, 3.8) is 0 Å². The SMILES string of the molecule is O=C(CCNC(=O)NC12CC3CC(CC(C3)C1)C2)NC1CS(=O)(=O)CC1N1CCCC1. The first-order chi connectivity index (χ1) is 14.8. The minimum Gasteiger partial charge on any atom is -0.351 e. The highest BCUT2D eigenvalue weighted by Crippen LogP contribution is 2.55. The van der Waals surface area contributed by atoms with Gasteiger partial charge in [0.05, 0.1) is 17.5 Å². The molecular formula is C22H36N4O4S. The van der Waals surface area contributed by atoms with Gasteiger partial charge >= 0.3 is 6.03 Å². The summed E-state index contributed by atoms with van der Waals surface area (Å²) in [5.74, 6) is 2.25. The lowest BCUT2D eigenvalue weighted by atomic mass is 9.53. The van der Waals surface area contributed by atoms with Crippen LogP contribution in [0.15, 0.2) is 0 Å². The standard InChI is InChI=1S/C22H36N4O4S/c27-20(24-18-13-31(29,30)14-19(18)26-5-1-2-6-26)3-4-23-21(28)25-22-10-15-7-16(11-22)9-17(8-15)12-22/h15-19H,1-14H2,(H,24,27)(H2,23,25,28). The Morgan fingerprint density at radius 2 is 1.55 bits per heavy atom. The fourth-order valence-corrected chi connectivity index (χ4v) is 9.47. The molecule has 0 aromatic heterocycles. The van der Waals surface area contributed by atoms with Gasteiger partial charge in [-0.25, -0.2) is 13.2 Å². The molecule has 4 bridgehead atoms. The summed E-state index contributed by atoms with van der Waals surface area (Å²) < 4.78 is 24.3. The van der Waals surface area contributed by atoms with E-state index in [9.17, 15) is 18.0 Å². The second-order valence-corrected chi connectivity index (χ2v) is 13.0. The first-order valence-corrected chi connectivity index (χ1v) is 13.9. The van der Waals surface area contributed by atoms with Gasteiger partial charge in [-0.2, -0.15) is 0 Å². The number of hydrogen-bond acceptors (Lipinski definition) is 5. The Labute approximate surface area is 185 Å². The van der Waals surface area contributed by atoms with Crippen molar-refractivity contribution in [3.8, 4) is 0 Å². The van der Waals surface area contributed by atoms with E-state index < -0.39 is 9.84 Å². The van der Waals surface area contributed by atoms with Crippen LogP contribution in [0.3, 0.4) is 0 Å². The van der Waals surface area contributed by atoms with E-state index in [2.05, 4.69) is 20.9 Å². The normalized spacial score (nSPS) is 40.7. The van der Waals surface area contributed by atoms with Crippen LogP contribution >= 0.6 is 0 Å². The van der Waals surface area contributed by atoms with E-state index in [0.29, 0.717) is 0 Å². The number of rotatable bonds is 6. The van der Waals surface area contributed by atoms with Gasteiger partial charge in [0, 0.05) is 24.5 Å². The van der Waals surface area contributed by atoms with Crippen molar-refractivity contribution in [1.82, 2.24) is 20.9 Å². The van der Waals surface area contributed by atoms with Crippen LogP contribution < -0.4 is 16.0 Å². The number of urea groups is 1. The third-order valence-corrected chi connectivity index (χ3v) is 10.0. The van der Waals surface area contributed by atoms with Crippen LogP contribution in [0, 0.1) is 17.8 Å². The van der Waals surface area contributed by atoms with Crippen molar-refractivity contribution >= 4 is 21.8 Å². The van der Waals surface area contributed by atoms with Crippen LogP contribution in [0.25, 0.3) is 0 Å². The van der Waals surface area contributed by atoms with Gasteiger partial charge in [-0.05, 0) is 82.2 Å². The predicted octanol–water partition coefficient (Wildman–Crippen LogP) is 1.02. The third kappa shape index (κ3) is 4.72. The molecule has 31 heavy (non-hydrogen) atoms. The van der Waals surface area contributed by atoms with Crippen molar-refractivity contribution in [1.29, 1.82) is 0 Å². The second-order valence-electron chi connectivity index (χ2n) is 10.9. The summed E-state index contributed by atoms with van der Waals surface area (Å²) in [6.07, 6.45) is 9.62. The molecule has 9 heteroatoms. The highest BCUT2D eigenvalue weighted by atomic mass is 32.2. The molecule has 4 saturated carbocycles. The van der Waals surface area contributed by atoms with Gasteiger partial charge in [0.2, 0.25) is 5.91 Å². The van der Waals surface area contributed by atoms with Crippen LogP contribution in [0.4, 0.5) is 4.79 Å². The van der Waals surface area contributed by atoms with Gasteiger partial charge in [0.1, 0.15) is 0 Å². The second kappa shape index (κ2) is 8.21. The molecule has 0 spiro atoms. The van der Waals surface area contributed by atoms with E-state index in [1.807, 2.05) is 0 Å². The number of likely N-dealkylation sites (tertiary alicyclic amines) is 1. The minimum atomic E-state index is -3.12. The third-order valence-electron chi connectivity index (χ3n) is 8.33. The number of sulfone groups is 1. The fourth-order valence-electron chi connectivity index (χ4n) is 7.52. The van der Waals surface area contributed by atoms with E-state index in [4.69, 9.17) is 0 Å². The fraction of sp³-hybridized carbons (Fsp3) is 0.909. The molecule has 0 aromatic carbocycles. The van der Waals surface area contributed by atoms with Gasteiger partial charge in [-0.3, -0.25) is 9.69 Å². The molecule has 2 aliphatic heterocycles. The molecule has 2 unspecified atom stereocenters. The number of amides is 3. The molecule has 6 rings (SSSR count). The Kier molecular flexibility index (Phi) is 5.69. The van der Waals surface area contributed by atoms with Crippen molar-refractivity contribution in [2.24, 2.45) is 17.8 Å². The van der Waals surface area contributed by atoms with Crippen LogP contribution in [0.5, 0.6) is 0 Å². The zero-order chi connectivity index (χ0) is 21.6. The lowest BCUT2D eigenvalue weighted by Gasteiger charge is -2.56. The smallest absolute Gasteiger partial charge is 0.315 e. The molecular weight excluding hydrogens is 416 g/mol. The van der Waals surface area contributed by atoms with Gasteiger partial charge < -0.3 is 16.0 Å². The zero-order valence-corrected chi connectivity index (χ0v) is 19.1. The lowest BCUT2D eigenvalue weighted by Crippen LogP contribution is -2.61. The van der Waals surface area contributed by atoms with Crippen LogP contribution in [0.1, 0.15) is 57.8 Å². The van der Waals surface area contributed by atoms with Crippen molar-refractivity contribution < 1.29 is 18.0 Å². The lowest BCUT2D eigenvalue weighted by molar-refractivity contribution is -0.121. The number of hydrogen-bond donors (Lipinski definition) is 3. The summed E-state index contributed by atoms with van der Waals surface area (Å²) >= 11 is 0. The highest BCUT2D eigenvalue weighted by Gasteiger charge is 2.51. The van der Waals surface area contributed by atoms with Crippen LogP contribution in [-0.4, -0.2) is 74.0 Å². The van der Waals surface area contributed by atoms with Crippen LogP contribution in [-0.2, 0) is 14.6 Å². The van der Waals surface area contributed by atoms with Gasteiger partial charge in [0.25, 0.3) is 0 Å². The molecule has 174 valence electrons. The summed E-state index contributed by atoms with van der Waals surface area (Å²) in [6, 6.07) is -0.645. The number of carbonyl (C=O) groups excluding carboxylic acids is 2. The van der Waals surface area contributed by atoms with Gasteiger partial charge in [-0.15, -0.1) is 0 Å². The minimum absolute atomic E-state index is 0.0137. The van der Waals surface area contributed by atoms with Crippen LogP contribution in [0.2, 0.25) is 0 Å². The highest BCUT2D eigenvalue weighted by molar-refractivity contribution is 7.91. The van der Waals surface area contributed by atoms with E-state index in [0.717, 1.165) is 62.9 Å².